The van der Waals surface area contributed by atoms with E-state index >= 15 is 0 Å². The van der Waals surface area contributed by atoms with Crippen LogP contribution < -0.4 is 9.64 Å². The number of hydrogen-bond acceptors (Lipinski definition) is 2. The predicted molar refractivity (Wildman–Crippen MR) is 139 cm³/mol. The molecule has 4 bridgehead atoms. The van der Waals surface area contributed by atoms with Crippen molar-refractivity contribution in [3.63, 3.8) is 0 Å². The van der Waals surface area contributed by atoms with Crippen molar-refractivity contribution in [3.05, 3.63) is 58.7 Å². The summed E-state index contributed by atoms with van der Waals surface area (Å²) in [7, 11) is 0. The molecule has 4 aliphatic rings. The monoisotopic (exact) mass is 445 g/mol. The van der Waals surface area contributed by atoms with Crippen LogP contribution in [0.3, 0.4) is 0 Å². The number of benzene rings is 2. The number of aryl methyl sites for hydroxylation is 2. The Morgan fingerprint density at radius 1 is 0.788 bits per heavy atom. The van der Waals surface area contributed by atoms with Gasteiger partial charge in [-0.05, 0) is 104 Å². The van der Waals surface area contributed by atoms with E-state index in [1.165, 1.54) is 66.5 Å². The Labute approximate surface area is 201 Å². The maximum Gasteiger partial charge on any atom is 0.162 e. The molecule has 0 unspecified atom stereocenters. The van der Waals surface area contributed by atoms with E-state index in [1.54, 1.807) is 0 Å². The van der Waals surface area contributed by atoms with Gasteiger partial charge in [-0.3, -0.25) is 0 Å². The van der Waals surface area contributed by atoms with Gasteiger partial charge in [0.1, 0.15) is 5.75 Å². The number of rotatable bonds is 7. The van der Waals surface area contributed by atoms with Crippen molar-refractivity contribution in [2.45, 2.75) is 97.4 Å². The third-order valence-electron chi connectivity index (χ3n) is 8.95. The molecular formula is C31H43NO. The molecule has 6 rings (SSSR count). The van der Waals surface area contributed by atoms with E-state index < -0.39 is 0 Å². The summed E-state index contributed by atoms with van der Waals surface area (Å²) < 4.78 is 6.93. The summed E-state index contributed by atoms with van der Waals surface area (Å²) in [5, 5.41) is 0. The summed E-state index contributed by atoms with van der Waals surface area (Å²) in [4.78, 5) is 2.74. The maximum absolute atomic E-state index is 6.93. The summed E-state index contributed by atoms with van der Waals surface area (Å²) in [6, 6.07) is 13.5. The van der Waals surface area contributed by atoms with Crippen molar-refractivity contribution in [1.29, 1.82) is 0 Å². The van der Waals surface area contributed by atoms with Crippen molar-refractivity contribution in [1.82, 2.24) is 0 Å². The van der Waals surface area contributed by atoms with Gasteiger partial charge in [-0.2, -0.15) is 0 Å². The molecule has 4 fully saturated rings. The van der Waals surface area contributed by atoms with Crippen LogP contribution in [0.4, 0.5) is 5.69 Å². The minimum Gasteiger partial charge on any atom is -0.472 e. The van der Waals surface area contributed by atoms with Gasteiger partial charge in [-0.1, -0.05) is 64.1 Å². The van der Waals surface area contributed by atoms with Gasteiger partial charge in [0.25, 0.3) is 0 Å². The van der Waals surface area contributed by atoms with Gasteiger partial charge >= 0.3 is 0 Å². The van der Waals surface area contributed by atoms with Crippen molar-refractivity contribution >= 4 is 5.69 Å². The van der Waals surface area contributed by atoms with Crippen molar-refractivity contribution in [2.75, 3.05) is 11.6 Å². The fourth-order valence-corrected chi connectivity index (χ4v) is 7.84. The molecule has 0 N–H and O–H groups in total. The van der Waals surface area contributed by atoms with Crippen molar-refractivity contribution in [2.24, 2.45) is 17.8 Å². The molecule has 0 spiro atoms. The quantitative estimate of drug-likeness (QED) is 0.397. The SMILES string of the molecule is Cc1cccc(C)c1N(COc1c(C(C)C)cccc1C(C)C)C12CC3CC(CC(C3)C1)C2. The second kappa shape index (κ2) is 8.67. The van der Waals surface area contributed by atoms with Gasteiger partial charge in [0, 0.05) is 11.2 Å². The lowest BCUT2D eigenvalue weighted by molar-refractivity contribution is -0.0104. The van der Waals surface area contributed by atoms with Gasteiger partial charge in [0.2, 0.25) is 0 Å². The smallest absolute Gasteiger partial charge is 0.162 e. The molecule has 0 saturated heterocycles. The zero-order valence-electron chi connectivity index (χ0n) is 21.7. The molecule has 0 aliphatic heterocycles. The van der Waals surface area contributed by atoms with E-state index in [1.807, 2.05) is 0 Å². The Balaban J connectivity index is 1.55. The molecule has 2 heteroatoms. The first-order valence-corrected chi connectivity index (χ1v) is 13.4. The van der Waals surface area contributed by atoms with Crippen LogP contribution in [0.15, 0.2) is 36.4 Å². The van der Waals surface area contributed by atoms with Crippen LogP contribution in [0.5, 0.6) is 5.75 Å². The van der Waals surface area contributed by atoms with Crippen molar-refractivity contribution in [3.8, 4) is 5.75 Å². The first kappa shape index (κ1) is 22.8. The van der Waals surface area contributed by atoms with Gasteiger partial charge in [0.05, 0.1) is 0 Å². The van der Waals surface area contributed by atoms with Gasteiger partial charge < -0.3 is 9.64 Å². The van der Waals surface area contributed by atoms with Crippen LogP contribution in [0, 0.1) is 31.6 Å². The second-order valence-electron chi connectivity index (χ2n) is 12.2. The Kier molecular flexibility index (Phi) is 6.00. The molecule has 0 aromatic heterocycles. The lowest BCUT2D eigenvalue weighted by atomic mass is 9.52. The minimum absolute atomic E-state index is 0.260. The number of hydrogen-bond donors (Lipinski definition) is 0. The van der Waals surface area contributed by atoms with Crippen LogP contribution in [-0.4, -0.2) is 12.3 Å². The van der Waals surface area contributed by atoms with Crippen LogP contribution >= 0.6 is 0 Å². The average molecular weight is 446 g/mol. The molecule has 2 aromatic carbocycles. The van der Waals surface area contributed by atoms with Gasteiger partial charge in [-0.25, -0.2) is 0 Å². The lowest BCUT2D eigenvalue weighted by Gasteiger charge is -2.61. The molecule has 4 saturated carbocycles. The largest absolute Gasteiger partial charge is 0.472 e. The predicted octanol–water partition coefficient (Wildman–Crippen LogP) is 8.36. The molecule has 0 radical (unpaired) electrons. The molecule has 33 heavy (non-hydrogen) atoms. The standard InChI is InChI=1S/C31H43NO/c1-20(2)27-11-8-12-28(21(3)4)30(27)33-19-32(29-22(5)9-7-10-23(29)6)31-16-24-13-25(17-31)15-26(14-24)18-31/h7-12,20-21,24-26H,13-19H2,1-6H3. The summed E-state index contributed by atoms with van der Waals surface area (Å²) in [6.45, 7) is 14.4. The van der Waals surface area contributed by atoms with Gasteiger partial charge in [-0.15, -0.1) is 0 Å². The number of anilines is 1. The van der Waals surface area contributed by atoms with E-state index in [0.29, 0.717) is 18.6 Å². The highest BCUT2D eigenvalue weighted by atomic mass is 16.5. The van der Waals surface area contributed by atoms with E-state index in [0.717, 1.165) is 23.5 Å². The van der Waals surface area contributed by atoms with Crippen LogP contribution in [0.25, 0.3) is 0 Å². The molecule has 0 atom stereocenters. The number of para-hydroxylation sites is 2. The zero-order valence-corrected chi connectivity index (χ0v) is 21.7. The molecular weight excluding hydrogens is 402 g/mol. The Morgan fingerprint density at radius 3 is 1.70 bits per heavy atom. The van der Waals surface area contributed by atoms with E-state index in [9.17, 15) is 0 Å². The van der Waals surface area contributed by atoms with Crippen LogP contribution in [-0.2, 0) is 0 Å². The van der Waals surface area contributed by atoms with E-state index in [-0.39, 0.29) is 5.54 Å². The number of nitrogens with zero attached hydrogens (tertiary/aromatic N) is 1. The summed E-state index contributed by atoms with van der Waals surface area (Å²) >= 11 is 0. The zero-order chi connectivity index (χ0) is 23.3. The average Bonchev–Trinajstić information content (AvgIpc) is 2.74. The summed E-state index contributed by atoms with van der Waals surface area (Å²) in [5.74, 6) is 4.77. The van der Waals surface area contributed by atoms with Crippen LogP contribution in [0.2, 0.25) is 0 Å². The fourth-order valence-electron chi connectivity index (χ4n) is 7.84. The van der Waals surface area contributed by atoms with Crippen molar-refractivity contribution < 1.29 is 4.74 Å². The van der Waals surface area contributed by atoms with E-state index in [4.69, 9.17) is 4.74 Å². The topological polar surface area (TPSA) is 12.5 Å². The molecule has 4 aliphatic carbocycles. The minimum atomic E-state index is 0.260. The third kappa shape index (κ3) is 4.08. The highest BCUT2D eigenvalue weighted by Crippen LogP contribution is 2.58. The summed E-state index contributed by atoms with van der Waals surface area (Å²) in [5.41, 5.74) is 7.14. The van der Waals surface area contributed by atoms with Gasteiger partial charge in [0.15, 0.2) is 6.73 Å². The highest BCUT2D eigenvalue weighted by molar-refractivity contribution is 5.61. The molecule has 178 valence electrons. The normalized spacial score (nSPS) is 28.1. The molecule has 0 amide bonds. The number of ether oxygens (including phenoxy) is 1. The Morgan fingerprint density at radius 2 is 1.24 bits per heavy atom. The highest BCUT2D eigenvalue weighted by Gasteiger charge is 2.54. The lowest BCUT2D eigenvalue weighted by Crippen LogP contribution is -2.61. The van der Waals surface area contributed by atoms with E-state index in [2.05, 4.69) is 82.8 Å². The molecule has 2 nitrogen and oxygen atoms in total. The first-order valence-electron chi connectivity index (χ1n) is 13.4. The van der Waals surface area contributed by atoms with Crippen LogP contribution in [0.1, 0.15) is 100 Å². The molecule has 0 heterocycles. The fraction of sp³-hybridized carbons (Fsp3) is 0.613. The molecule has 2 aromatic rings. The maximum atomic E-state index is 6.93. The summed E-state index contributed by atoms with van der Waals surface area (Å²) in [6.07, 6.45) is 8.44. The second-order valence-corrected chi connectivity index (χ2v) is 12.2. The Bertz CT molecular complexity index is 922. The third-order valence-corrected chi connectivity index (χ3v) is 8.95. The first-order chi connectivity index (χ1) is 15.8. The Hall–Kier alpha value is -1.96.